The van der Waals surface area contributed by atoms with Crippen LogP contribution in [0.5, 0.6) is 0 Å². The molecule has 1 fully saturated rings. The van der Waals surface area contributed by atoms with Crippen molar-refractivity contribution >= 4 is 16.2 Å². The van der Waals surface area contributed by atoms with E-state index in [1.807, 2.05) is 30.3 Å². The van der Waals surface area contributed by atoms with Gasteiger partial charge < -0.3 is 14.8 Å². The molecule has 0 spiro atoms. The number of benzene rings is 1. The summed E-state index contributed by atoms with van der Waals surface area (Å²) in [5, 5.41) is 2.70. The van der Waals surface area contributed by atoms with Gasteiger partial charge >= 0.3 is 6.09 Å². The quantitative estimate of drug-likeness (QED) is 0.704. The average molecular weight is 371 g/mol. The van der Waals surface area contributed by atoms with Crippen LogP contribution in [0.3, 0.4) is 0 Å². The predicted octanol–water partition coefficient (Wildman–Crippen LogP) is 2.07. The lowest BCUT2D eigenvalue weighted by Crippen LogP contribution is -2.41. The molecule has 140 valence electrons. The summed E-state index contributed by atoms with van der Waals surface area (Å²) >= 11 is 0. The Balaban J connectivity index is 1.85. The van der Waals surface area contributed by atoms with Gasteiger partial charge in [-0.3, -0.25) is 4.18 Å². The third-order valence-corrected chi connectivity index (χ3v) is 4.45. The van der Waals surface area contributed by atoms with Crippen molar-refractivity contribution in [2.75, 3.05) is 26.1 Å². The van der Waals surface area contributed by atoms with Gasteiger partial charge in [0.2, 0.25) is 0 Å². The van der Waals surface area contributed by atoms with Crippen LogP contribution >= 0.6 is 0 Å². The first-order chi connectivity index (χ1) is 11.9. The van der Waals surface area contributed by atoms with Crippen LogP contribution < -0.4 is 5.32 Å². The fourth-order valence-electron chi connectivity index (χ4n) is 2.70. The Morgan fingerprint density at radius 2 is 2.12 bits per heavy atom. The van der Waals surface area contributed by atoms with Gasteiger partial charge in [-0.2, -0.15) is 8.42 Å². The van der Waals surface area contributed by atoms with E-state index in [1.54, 1.807) is 0 Å². The van der Waals surface area contributed by atoms with E-state index in [-0.39, 0.29) is 19.1 Å². The maximum atomic E-state index is 12.0. The van der Waals surface area contributed by atoms with Gasteiger partial charge in [0.25, 0.3) is 10.1 Å². The van der Waals surface area contributed by atoms with Crippen LogP contribution in [0.2, 0.25) is 0 Å². The van der Waals surface area contributed by atoms with Crippen LogP contribution in [-0.4, -0.2) is 46.6 Å². The summed E-state index contributed by atoms with van der Waals surface area (Å²) in [6, 6.07) is 8.87. The number of alkyl carbamates (subject to hydrolysis) is 1. The molecule has 8 heteroatoms. The van der Waals surface area contributed by atoms with E-state index in [0.29, 0.717) is 13.0 Å². The Bertz CT molecular complexity index is 628. The van der Waals surface area contributed by atoms with Gasteiger partial charge in [0.05, 0.1) is 18.9 Å². The summed E-state index contributed by atoms with van der Waals surface area (Å²) in [4.78, 5) is 12.0. The summed E-state index contributed by atoms with van der Waals surface area (Å²) < 4.78 is 38.0. The highest BCUT2D eigenvalue weighted by molar-refractivity contribution is 7.85. The zero-order valence-electron chi connectivity index (χ0n) is 14.3. The Morgan fingerprint density at radius 1 is 1.36 bits per heavy atom. The predicted molar refractivity (Wildman–Crippen MR) is 92.5 cm³/mol. The topological polar surface area (TPSA) is 90.9 Å². The van der Waals surface area contributed by atoms with E-state index >= 15 is 0 Å². The Kier molecular flexibility index (Phi) is 7.67. The molecule has 1 aromatic carbocycles. The molecule has 2 unspecified atom stereocenters. The number of rotatable bonds is 8. The molecule has 0 bridgehead atoms. The smallest absolute Gasteiger partial charge is 0.407 e. The lowest BCUT2D eigenvalue weighted by atomic mass is 9.95. The second kappa shape index (κ2) is 9.74. The fourth-order valence-corrected chi connectivity index (χ4v) is 3.11. The Hall–Kier alpha value is -1.64. The van der Waals surface area contributed by atoms with E-state index in [4.69, 9.17) is 13.7 Å². The van der Waals surface area contributed by atoms with E-state index in [0.717, 1.165) is 31.3 Å². The number of carbonyl (C=O) groups is 1. The first-order valence-corrected chi connectivity index (χ1v) is 10.1. The molecule has 0 saturated carbocycles. The second-order valence-corrected chi connectivity index (χ2v) is 7.85. The van der Waals surface area contributed by atoms with Gasteiger partial charge in [-0.05, 0) is 30.7 Å². The highest BCUT2D eigenvalue weighted by Gasteiger charge is 2.23. The van der Waals surface area contributed by atoms with Gasteiger partial charge in [0.1, 0.15) is 6.61 Å². The zero-order valence-corrected chi connectivity index (χ0v) is 15.2. The Morgan fingerprint density at radius 3 is 2.76 bits per heavy atom. The van der Waals surface area contributed by atoms with E-state index < -0.39 is 22.3 Å². The summed E-state index contributed by atoms with van der Waals surface area (Å²) in [6.45, 7) is 1.39. The number of ether oxygens (including phenoxy) is 2. The number of hydrogen-bond donors (Lipinski definition) is 1. The molecule has 1 heterocycles. The number of hydrogen-bond acceptors (Lipinski definition) is 6. The Labute approximate surface area is 148 Å². The van der Waals surface area contributed by atoms with Crippen LogP contribution in [-0.2, 0) is 30.4 Å². The zero-order chi connectivity index (χ0) is 18.1. The number of carbonyl (C=O) groups excluding carboxylic acids is 1. The minimum atomic E-state index is -3.57. The molecular weight excluding hydrogens is 346 g/mol. The van der Waals surface area contributed by atoms with E-state index in [1.165, 1.54) is 0 Å². The third-order valence-electron chi connectivity index (χ3n) is 3.89. The molecule has 0 aliphatic carbocycles. The van der Waals surface area contributed by atoms with Crippen molar-refractivity contribution in [1.82, 2.24) is 5.32 Å². The molecule has 1 amide bonds. The fraction of sp³-hybridized carbons (Fsp3) is 0.588. The minimum Gasteiger partial charge on any atom is -0.445 e. The molecular formula is C17H25NO6S. The van der Waals surface area contributed by atoms with Crippen molar-refractivity contribution in [3.8, 4) is 0 Å². The van der Waals surface area contributed by atoms with Crippen molar-refractivity contribution in [2.24, 2.45) is 5.92 Å². The maximum absolute atomic E-state index is 12.0. The molecule has 0 radical (unpaired) electrons. The largest absolute Gasteiger partial charge is 0.445 e. The van der Waals surface area contributed by atoms with Crippen molar-refractivity contribution in [3.63, 3.8) is 0 Å². The second-order valence-electron chi connectivity index (χ2n) is 6.21. The van der Waals surface area contributed by atoms with Crippen LogP contribution in [0.15, 0.2) is 30.3 Å². The molecule has 7 nitrogen and oxygen atoms in total. The van der Waals surface area contributed by atoms with Crippen LogP contribution in [0.4, 0.5) is 4.79 Å². The maximum Gasteiger partial charge on any atom is 0.407 e. The van der Waals surface area contributed by atoms with Crippen molar-refractivity contribution in [1.29, 1.82) is 0 Å². The highest BCUT2D eigenvalue weighted by atomic mass is 32.2. The number of amides is 1. The number of nitrogens with one attached hydrogen (secondary N) is 1. The normalized spacial score (nSPS) is 19.2. The third kappa shape index (κ3) is 8.33. The molecule has 2 rings (SSSR count). The highest BCUT2D eigenvalue weighted by Crippen LogP contribution is 2.19. The lowest BCUT2D eigenvalue weighted by Gasteiger charge is -2.26. The summed E-state index contributed by atoms with van der Waals surface area (Å²) in [7, 11) is -3.57. The average Bonchev–Trinajstić information content (AvgIpc) is 2.59. The molecule has 1 aliphatic rings. The van der Waals surface area contributed by atoms with Crippen LogP contribution in [0.25, 0.3) is 0 Å². The van der Waals surface area contributed by atoms with E-state index in [2.05, 4.69) is 5.32 Å². The van der Waals surface area contributed by atoms with Crippen molar-refractivity contribution in [3.05, 3.63) is 35.9 Å². The molecule has 0 aromatic heterocycles. The summed E-state index contributed by atoms with van der Waals surface area (Å²) in [5.41, 5.74) is 0.877. The van der Waals surface area contributed by atoms with Crippen LogP contribution in [0, 0.1) is 5.92 Å². The van der Waals surface area contributed by atoms with Crippen molar-refractivity contribution in [2.45, 2.75) is 31.9 Å². The molecule has 1 N–H and O–H groups in total. The van der Waals surface area contributed by atoms with Gasteiger partial charge in [-0.25, -0.2) is 4.79 Å². The first-order valence-electron chi connectivity index (χ1n) is 8.32. The summed E-state index contributed by atoms with van der Waals surface area (Å²) in [5.74, 6) is 0.260. The van der Waals surface area contributed by atoms with Gasteiger partial charge in [-0.1, -0.05) is 30.3 Å². The molecule has 1 aromatic rings. The van der Waals surface area contributed by atoms with Gasteiger partial charge in [0, 0.05) is 13.2 Å². The standard InChI is InChI=1S/C17H25NO6S/c1-25(20,21)24-13-16(10-15-8-5-9-22-11-15)18-17(19)23-12-14-6-3-2-4-7-14/h2-4,6-7,15-16H,5,8-13H2,1H3,(H,18,19). The molecule has 25 heavy (non-hydrogen) atoms. The van der Waals surface area contributed by atoms with Crippen molar-refractivity contribution < 1.29 is 26.9 Å². The molecule has 1 aliphatic heterocycles. The van der Waals surface area contributed by atoms with E-state index in [9.17, 15) is 13.2 Å². The lowest BCUT2D eigenvalue weighted by molar-refractivity contribution is 0.0443. The minimum absolute atomic E-state index is 0.115. The monoisotopic (exact) mass is 371 g/mol. The summed E-state index contributed by atoms with van der Waals surface area (Å²) in [6.07, 6.45) is 2.92. The first kappa shape index (κ1) is 19.7. The molecule has 1 saturated heterocycles. The SMILES string of the molecule is CS(=O)(=O)OCC(CC1CCCOC1)NC(=O)OCc1ccccc1. The van der Waals surface area contributed by atoms with Crippen LogP contribution in [0.1, 0.15) is 24.8 Å². The molecule has 2 atom stereocenters. The van der Waals surface area contributed by atoms with Gasteiger partial charge in [-0.15, -0.1) is 0 Å². The van der Waals surface area contributed by atoms with Gasteiger partial charge in [0.15, 0.2) is 0 Å².